The quantitative estimate of drug-likeness (QED) is 0.503. The van der Waals surface area contributed by atoms with Crippen LogP contribution >= 0.6 is 11.8 Å². The van der Waals surface area contributed by atoms with Gasteiger partial charge in [-0.1, -0.05) is 47.7 Å². The molecule has 0 unspecified atom stereocenters. The van der Waals surface area contributed by atoms with E-state index in [-0.39, 0.29) is 5.12 Å². The lowest BCUT2D eigenvalue weighted by molar-refractivity contribution is 0.108. The maximum atomic E-state index is 12.4. The van der Waals surface area contributed by atoms with E-state index in [0.29, 0.717) is 5.56 Å². The summed E-state index contributed by atoms with van der Waals surface area (Å²) in [6, 6.07) is 19.4. The minimum absolute atomic E-state index is 0.0327. The first-order chi connectivity index (χ1) is 11.7. The minimum Gasteiger partial charge on any atom is -0.281 e. The van der Waals surface area contributed by atoms with E-state index >= 15 is 0 Å². The lowest BCUT2D eigenvalue weighted by Crippen LogP contribution is -1.95. The molecule has 0 aliphatic heterocycles. The Morgan fingerprint density at radius 1 is 0.917 bits per heavy atom. The van der Waals surface area contributed by atoms with E-state index in [1.165, 1.54) is 17.3 Å². The molecule has 3 aromatic rings. The first-order valence-electron chi connectivity index (χ1n) is 7.52. The smallest absolute Gasteiger partial charge is 0.225 e. The van der Waals surface area contributed by atoms with Crippen LogP contribution in [0.25, 0.3) is 0 Å². The van der Waals surface area contributed by atoms with Crippen molar-refractivity contribution in [3.05, 3.63) is 95.3 Å². The molecular formula is C21H15NOS. The predicted octanol–water partition coefficient (Wildman–Crippen LogP) is 4.72. The van der Waals surface area contributed by atoms with Crippen LogP contribution in [0.2, 0.25) is 0 Å². The number of rotatable bonds is 2. The van der Waals surface area contributed by atoms with Gasteiger partial charge >= 0.3 is 0 Å². The van der Waals surface area contributed by atoms with Crippen LogP contribution in [0, 0.1) is 18.8 Å². The number of aromatic nitrogens is 1. The van der Waals surface area contributed by atoms with Crippen molar-refractivity contribution in [1.29, 1.82) is 0 Å². The van der Waals surface area contributed by atoms with Gasteiger partial charge in [0.1, 0.15) is 0 Å². The molecule has 0 N–H and O–H groups in total. The van der Waals surface area contributed by atoms with E-state index < -0.39 is 0 Å². The number of carbonyl (C=O) groups excluding carboxylic acids is 1. The number of pyridine rings is 1. The molecule has 0 aliphatic carbocycles. The Hall–Kier alpha value is -2.83. The Morgan fingerprint density at radius 2 is 1.62 bits per heavy atom. The lowest BCUT2D eigenvalue weighted by Gasteiger charge is -2.02. The third-order valence-electron chi connectivity index (χ3n) is 3.33. The van der Waals surface area contributed by atoms with E-state index in [9.17, 15) is 4.79 Å². The highest BCUT2D eigenvalue weighted by molar-refractivity contribution is 8.14. The zero-order valence-corrected chi connectivity index (χ0v) is 14.0. The summed E-state index contributed by atoms with van der Waals surface area (Å²) in [5, 5.41) is -0.0327. The third kappa shape index (κ3) is 4.34. The number of benzene rings is 2. The predicted molar refractivity (Wildman–Crippen MR) is 98.0 cm³/mol. The monoisotopic (exact) mass is 329 g/mol. The fraction of sp³-hybridized carbons (Fsp3) is 0.0476. The molecule has 24 heavy (non-hydrogen) atoms. The summed E-state index contributed by atoms with van der Waals surface area (Å²) in [6.07, 6.45) is 3.25. The van der Waals surface area contributed by atoms with Gasteiger partial charge in [-0.3, -0.25) is 9.78 Å². The molecule has 0 fully saturated rings. The van der Waals surface area contributed by atoms with Crippen molar-refractivity contribution in [2.24, 2.45) is 0 Å². The van der Waals surface area contributed by atoms with Gasteiger partial charge in [0.15, 0.2) is 0 Å². The molecule has 3 heteroatoms. The topological polar surface area (TPSA) is 30.0 Å². The van der Waals surface area contributed by atoms with Crippen molar-refractivity contribution in [2.75, 3.05) is 0 Å². The second-order valence-electron chi connectivity index (χ2n) is 5.28. The first kappa shape index (κ1) is 16.0. The van der Waals surface area contributed by atoms with Crippen molar-refractivity contribution < 1.29 is 4.79 Å². The van der Waals surface area contributed by atoms with Crippen LogP contribution in [0.15, 0.2) is 78.0 Å². The van der Waals surface area contributed by atoms with Gasteiger partial charge in [-0.15, -0.1) is 0 Å². The van der Waals surface area contributed by atoms with Gasteiger partial charge in [-0.05, 0) is 49.0 Å². The van der Waals surface area contributed by atoms with Gasteiger partial charge in [0.25, 0.3) is 0 Å². The van der Waals surface area contributed by atoms with Crippen molar-refractivity contribution in [2.45, 2.75) is 11.8 Å². The molecule has 1 heterocycles. The molecule has 1 aromatic heterocycles. The van der Waals surface area contributed by atoms with E-state index in [0.717, 1.165) is 16.0 Å². The normalized spacial score (nSPS) is 9.88. The van der Waals surface area contributed by atoms with Crippen LogP contribution in [0.5, 0.6) is 0 Å². The van der Waals surface area contributed by atoms with E-state index in [4.69, 9.17) is 0 Å². The number of carbonyl (C=O) groups is 1. The van der Waals surface area contributed by atoms with Crippen molar-refractivity contribution in [3.63, 3.8) is 0 Å². The molecule has 0 saturated carbocycles. The summed E-state index contributed by atoms with van der Waals surface area (Å²) in [7, 11) is 0. The van der Waals surface area contributed by atoms with Crippen LogP contribution in [0.1, 0.15) is 27.0 Å². The van der Waals surface area contributed by atoms with Crippen molar-refractivity contribution in [3.8, 4) is 11.8 Å². The van der Waals surface area contributed by atoms with Gasteiger partial charge < -0.3 is 0 Å². The summed E-state index contributed by atoms with van der Waals surface area (Å²) in [5.41, 5.74) is 3.39. The van der Waals surface area contributed by atoms with E-state index in [2.05, 4.69) is 16.8 Å². The Balaban J connectivity index is 1.76. The standard InChI is InChI=1S/C21H15NOS/c1-16-7-11-20(12-8-16)24-21(23)19-13-18(14-22-15-19)10-9-17-5-3-2-4-6-17/h2-8,11-15H,1H3. The largest absolute Gasteiger partial charge is 0.281 e. The summed E-state index contributed by atoms with van der Waals surface area (Å²) in [4.78, 5) is 17.5. The maximum Gasteiger partial charge on any atom is 0.225 e. The average Bonchev–Trinajstić information content (AvgIpc) is 2.63. The highest BCUT2D eigenvalue weighted by Crippen LogP contribution is 2.23. The zero-order valence-electron chi connectivity index (χ0n) is 13.2. The number of nitrogens with zero attached hydrogens (tertiary/aromatic N) is 1. The van der Waals surface area contributed by atoms with Crippen LogP contribution in [-0.2, 0) is 0 Å². The summed E-state index contributed by atoms with van der Waals surface area (Å²) in [5.74, 6) is 6.13. The van der Waals surface area contributed by atoms with E-state index in [1.807, 2.05) is 61.5 Å². The fourth-order valence-electron chi connectivity index (χ4n) is 2.06. The number of hydrogen-bond acceptors (Lipinski definition) is 3. The number of aryl methyl sites for hydroxylation is 1. The highest BCUT2D eigenvalue weighted by Gasteiger charge is 2.09. The Morgan fingerprint density at radius 3 is 2.38 bits per heavy atom. The minimum atomic E-state index is -0.0327. The molecule has 0 spiro atoms. The maximum absolute atomic E-state index is 12.4. The molecule has 0 atom stereocenters. The molecule has 0 aliphatic rings. The highest BCUT2D eigenvalue weighted by atomic mass is 32.2. The summed E-state index contributed by atoms with van der Waals surface area (Å²) in [6.45, 7) is 2.02. The third-order valence-corrected chi connectivity index (χ3v) is 4.26. The Kier molecular flexibility index (Phi) is 5.10. The molecule has 2 nitrogen and oxygen atoms in total. The van der Waals surface area contributed by atoms with Crippen molar-refractivity contribution in [1.82, 2.24) is 4.98 Å². The van der Waals surface area contributed by atoms with Gasteiger partial charge in [0.05, 0.1) is 0 Å². The summed E-state index contributed by atoms with van der Waals surface area (Å²) < 4.78 is 0. The zero-order chi connectivity index (χ0) is 16.8. The average molecular weight is 329 g/mol. The second-order valence-corrected chi connectivity index (χ2v) is 6.33. The van der Waals surface area contributed by atoms with Gasteiger partial charge in [0, 0.05) is 34.0 Å². The fourth-order valence-corrected chi connectivity index (χ4v) is 2.77. The molecule has 116 valence electrons. The molecule has 3 rings (SSSR count). The molecule has 0 amide bonds. The second kappa shape index (κ2) is 7.63. The molecule has 0 saturated heterocycles. The first-order valence-corrected chi connectivity index (χ1v) is 8.33. The van der Waals surface area contributed by atoms with Crippen LogP contribution in [0.3, 0.4) is 0 Å². The van der Waals surface area contributed by atoms with Crippen LogP contribution in [-0.4, -0.2) is 10.1 Å². The molecule has 0 radical (unpaired) electrons. The Labute approximate surface area is 146 Å². The van der Waals surface area contributed by atoms with Gasteiger partial charge in [-0.25, -0.2) is 0 Å². The molecule has 2 aromatic carbocycles. The SMILES string of the molecule is Cc1ccc(SC(=O)c2cncc(C#Cc3ccccc3)c2)cc1. The Bertz CT molecular complexity index is 906. The van der Waals surface area contributed by atoms with Gasteiger partial charge in [0.2, 0.25) is 5.12 Å². The number of thioether (sulfide) groups is 1. The van der Waals surface area contributed by atoms with Crippen molar-refractivity contribution >= 4 is 16.9 Å². The van der Waals surface area contributed by atoms with Gasteiger partial charge in [-0.2, -0.15) is 0 Å². The van der Waals surface area contributed by atoms with Crippen LogP contribution < -0.4 is 0 Å². The lowest BCUT2D eigenvalue weighted by atomic mass is 10.2. The van der Waals surface area contributed by atoms with E-state index in [1.54, 1.807) is 18.5 Å². The molecular weight excluding hydrogens is 314 g/mol. The summed E-state index contributed by atoms with van der Waals surface area (Å²) >= 11 is 1.20. The molecule has 0 bridgehead atoms. The van der Waals surface area contributed by atoms with Crippen LogP contribution in [0.4, 0.5) is 0 Å². The number of hydrogen-bond donors (Lipinski definition) is 0.